The highest BCUT2D eigenvalue weighted by Gasteiger charge is 2.21. The minimum Gasteiger partial charge on any atom is -0.484 e. The quantitative estimate of drug-likeness (QED) is 0.825. The van der Waals surface area contributed by atoms with Crippen LogP contribution in [-0.4, -0.2) is 4.98 Å². The van der Waals surface area contributed by atoms with Crippen LogP contribution in [0.3, 0.4) is 0 Å². The van der Waals surface area contributed by atoms with Crippen molar-refractivity contribution in [3.05, 3.63) is 58.3 Å². The van der Waals surface area contributed by atoms with Crippen LogP contribution < -0.4 is 4.74 Å². The van der Waals surface area contributed by atoms with Crippen molar-refractivity contribution in [1.29, 1.82) is 0 Å². The number of aromatic nitrogens is 1. The summed E-state index contributed by atoms with van der Waals surface area (Å²) in [4.78, 5) is 4.06. The van der Waals surface area contributed by atoms with Crippen LogP contribution in [0.5, 0.6) is 5.75 Å². The van der Waals surface area contributed by atoms with Crippen molar-refractivity contribution < 1.29 is 4.74 Å². The average Bonchev–Trinajstić information content (AvgIpc) is 2.42. The van der Waals surface area contributed by atoms with E-state index >= 15 is 0 Å². The third-order valence-electron chi connectivity index (χ3n) is 3.32. The maximum atomic E-state index is 6.13. The number of aryl methyl sites for hydroxylation is 1. The molecular formula is C15H14BrNO. The van der Waals surface area contributed by atoms with Gasteiger partial charge in [0.25, 0.3) is 0 Å². The molecule has 0 bridgehead atoms. The zero-order chi connectivity index (χ0) is 12.4. The normalized spacial score (nSPS) is 18.2. The Morgan fingerprint density at radius 1 is 1.22 bits per heavy atom. The molecule has 1 aromatic heterocycles. The lowest BCUT2D eigenvalue weighted by atomic mass is 9.89. The molecule has 0 radical (unpaired) electrons. The van der Waals surface area contributed by atoms with E-state index in [0.717, 1.165) is 23.1 Å². The van der Waals surface area contributed by atoms with Gasteiger partial charge in [-0.3, -0.25) is 4.98 Å². The second-order valence-electron chi connectivity index (χ2n) is 4.50. The number of hydrogen-bond acceptors (Lipinski definition) is 2. The summed E-state index contributed by atoms with van der Waals surface area (Å²) in [6.07, 6.45) is 7.11. The molecule has 1 aliphatic carbocycles. The van der Waals surface area contributed by atoms with Gasteiger partial charge in [0, 0.05) is 12.4 Å². The molecule has 1 heterocycles. The van der Waals surface area contributed by atoms with E-state index in [0.29, 0.717) is 0 Å². The lowest BCUT2D eigenvalue weighted by Crippen LogP contribution is -2.15. The van der Waals surface area contributed by atoms with Gasteiger partial charge < -0.3 is 4.74 Å². The Hall–Kier alpha value is -1.35. The third-order valence-corrected chi connectivity index (χ3v) is 3.91. The van der Waals surface area contributed by atoms with E-state index in [2.05, 4.69) is 45.2 Å². The Labute approximate surface area is 115 Å². The van der Waals surface area contributed by atoms with Crippen molar-refractivity contribution in [2.24, 2.45) is 0 Å². The molecule has 18 heavy (non-hydrogen) atoms. The van der Waals surface area contributed by atoms with Crippen LogP contribution in [0, 0.1) is 0 Å². The van der Waals surface area contributed by atoms with Crippen LogP contribution in [0.1, 0.15) is 30.1 Å². The molecule has 2 nitrogen and oxygen atoms in total. The van der Waals surface area contributed by atoms with Crippen molar-refractivity contribution in [3.8, 4) is 5.75 Å². The molecule has 0 fully saturated rings. The molecule has 0 spiro atoms. The fourth-order valence-corrected chi connectivity index (χ4v) is 2.79. The summed E-state index contributed by atoms with van der Waals surface area (Å²) in [5.74, 6) is 0.867. The second kappa shape index (κ2) is 5.11. The van der Waals surface area contributed by atoms with Crippen LogP contribution in [0.2, 0.25) is 0 Å². The van der Waals surface area contributed by atoms with Gasteiger partial charge in [0.2, 0.25) is 0 Å². The van der Waals surface area contributed by atoms with Crippen molar-refractivity contribution in [2.75, 3.05) is 0 Å². The smallest absolute Gasteiger partial charge is 0.137 e. The fraction of sp³-hybridized carbons (Fsp3) is 0.267. The first-order chi connectivity index (χ1) is 8.84. The summed E-state index contributed by atoms with van der Waals surface area (Å²) in [7, 11) is 0. The van der Waals surface area contributed by atoms with Crippen LogP contribution >= 0.6 is 15.9 Å². The molecule has 3 heteroatoms. The Morgan fingerprint density at radius 3 is 3.00 bits per heavy atom. The molecule has 1 aromatic carbocycles. The Kier molecular flexibility index (Phi) is 3.33. The predicted octanol–water partition coefficient (Wildman–Crippen LogP) is 4.30. The number of rotatable bonds is 2. The number of halogens is 1. The van der Waals surface area contributed by atoms with Crippen molar-refractivity contribution in [2.45, 2.75) is 25.4 Å². The van der Waals surface area contributed by atoms with E-state index in [1.54, 1.807) is 12.4 Å². The second-order valence-corrected chi connectivity index (χ2v) is 5.36. The van der Waals surface area contributed by atoms with E-state index in [1.165, 1.54) is 17.5 Å². The van der Waals surface area contributed by atoms with Gasteiger partial charge >= 0.3 is 0 Å². The molecule has 0 amide bonds. The number of nitrogens with zero attached hydrogens (tertiary/aromatic N) is 1. The molecule has 0 N–H and O–H groups in total. The lowest BCUT2D eigenvalue weighted by molar-refractivity contribution is 0.182. The summed E-state index contributed by atoms with van der Waals surface area (Å²) in [6, 6.07) is 10.5. The molecule has 1 atom stereocenters. The molecule has 1 unspecified atom stereocenters. The Morgan fingerprint density at radius 2 is 2.11 bits per heavy atom. The maximum absolute atomic E-state index is 6.13. The van der Waals surface area contributed by atoms with E-state index in [9.17, 15) is 0 Å². The van der Waals surface area contributed by atoms with Gasteiger partial charge in [-0.05, 0) is 52.4 Å². The summed E-state index contributed by atoms with van der Waals surface area (Å²) in [5.41, 5.74) is 2.74. The van der Waals surface area contributed by atoms with Gasteiger partial charge in [0.1, 0.15) is 11.9 Å². The van der Waals surface area contributed by atoms with Crippen LogP contribution in [0.4, 0.5) is 0 Å². The van der Waals surface area contributed by atoms with Crippen LogP contribution in [0.15, 0.2) is 47.2 Å². The summed E-state index contributed by atoms with van der Waals surface area (Å²) in [5, 5.41) is 0. The van der Waals surface area contributed by atoms with Crippen molar-refractivity contribution in [3.63, 3.8) is 0 Å². The third kappa shape index (κ3) is 2.27. The first-order valence-corrected chi connectivity index (χ1v) is 6.98. The number of pyridine rings is 1. The number of ether oxygens (including phenoxy) is 1. The minimum atomic E-state index is 0.161. The Balaban J connectivity index is 1.89. The lowest BCUT2D eigenvalue weighted by Gasteiger charge is -2.26. The van der Waals surface area contributed by atoms with Crippen molar-refractivity contribution in [1.82, 2.24) is 4.98 Å². The first kappa shape index (κ1) is 11.7. The van der Waals surface area contributed by atoms with E-state index in [-0.39, 0.29) is 6.10 Å². The van der Waals surface area contributed by atoms with E-state index in [4.69, 9.17) is 4.74 Å². The van der Waals surface area contributed by atoms with Gasteiger partial charge in [-0.15, -0.1) is 0 Å². The molecule has 0 saturated heterocycles. The molecule has 0 aliphatic heterocycles. The topological polar surface area (TPSA) is 22.1 Å². The van der Waals surface area contributed by atoms with E-state index in [1.807, 2.05) is 6.07 Å². The van der Waals surface area contributed by atoms with Gasteiger partial charge in [0.05, 0.1) is 4.47 Å². The molecule has 2 aromatic rings. The van der Waals surface area contributed by atoms with Gasteiger partial charge in [-0.1, -0.05) is 24.3 Å². The minimum absolute atomic E-state index is 0.161. The monoisotopic (exact) mass is 303 g/mol. The number of benzene rings is 1. The zero-order valence-electron chi connectivity index (χ0n) is 9.97. The molecule has 92 valence electrons. The van der Waals surface area contributed by atoms with Crippen molar-refractivity contribution >= 4 is 15.9 Å². The summed E-state index contributed by atoms with van der Waals surface area (Å²) < 4.78 is 7.04. The van der Waals surface area contributed by atoms with Crippen LogP contribution in [0.25, 0.3) is 0 Å². The summed E-state index contributed by atoms with van der Waals surface area (Å²) >= 11 is 3.48. The zero-order valence-corrected chi connectivity index (χ0v) is 11.6. The maximum Gasteiger partial charge on any atom is 0.137 e. The molecule has 3 rings (SSSR count). The molecule has 0 saturated carbocycles. The summed E-state index contributed by atoms with van der Waals surface area (Å²) in [6.45, 7) is 0. The van der Waals surface area contributed by atoms with E-state index < -0.39 is 0 Å². The predicted molar refractivity (Wildman–Crippen MR) is 74.7 cm³/mol. The van der Waals surface area contributed by atoms with Gasteiger partial charge in [-0.25, -0.2) is 0 Å². The number of fused-ring (bicyclic) bond motifs is 1. The Bertz CT molecular complexity index is 556. The fourth-order valence-electron chi connectivity index (χ4n) is 2.44. The molecular weight excluding hydrogens is 290 g/mol. The number of hydrogen-bond donors (Lipinski definition) is 0. The first-order valence-electron chi connectivity index (χ1n) is 6.18. The van der Waals surface area contributed by atoms with Gasteiger partial charge in [-0.2, -0.15) is 0 Å². The largest absolute Gasteiger partial charge is 0.484 e. The van der Waals surface area contributed by atoms with Crippen LogP contribution in [-0.2, 0) is 6.42 Å². The molecule has 1 aliphatic rings. The standard InChI is InChI=1S/C15H14BrNO/c16-13-10-17-9-8-15(13)18-14-7-3-5-11-4-1-2-6-12(11)14/h1-2,4,6,8-10,14H,3,5,7H2. The highest BCUT2D eigenvalue weighted by Crippen LogP contribution is 2.35. The van der Waals surface area contributed by atoms with Gasteiger partial charge in [0.15, 0.2) is 0 Å². The SMILES string of the molecule is Brc1cnccc1OC1CCCc2ccccc21. The highest BCUT2D eigenvalue weighted by molar-refractivity contribution is 9.10. The highest BCUT2D eigenvalue weighted by atomic mass is 79.9. The average molecular weight is 304 g/mol.